The fraction of sp³-hybridized carbons (Fsp3) is 0.174. The lowest BCUT2D eigenvalue weighted by molar-refractivity contribution is -0.880. The summed E-state index contributed by atoms with van der Waals surface area (Å²) >= 11 is 0.642. The number of hydrogen-bond acceptors (Lipinski definition) is 7. The lowest BCUT2D eigenvalue weighted by Gasteiger charge is -2.21. The highest BCUT2D eigenvalue weighted by molar-refractivity contribution is 7.94. The number of carbonyl (C=O) groups is 1. The minimum absolute atomic E-state index is 0.0288. The molecule has 4 rings (SSSR count). The van der Waals surface area contributed by atoms with E-state index in [-0.39, 0.29) is 17.9 Å². The Labute approximate surface area is 196 Å². The molecule has 3 aromatic rings. The predicted octanol–water partition coefficient (Wildman–Crippen LogP) is 4.32. The van der Waals surface area contributed by atoms with Crippen molar-refractivity contribution in [2.75, 3.05) is 6.54 Å². The number of para-hydroxylation sites is 1. The van der Waals surface area contributed by atoms with Gasteiger partial charge in [-0.3, -0.25) is 0 Å². The second-order valence-electron chi connectivity index (χ2n) is 7.49. The Morgan fingerprint density at radius 1 is 1.00 bits per heavy atom. The first-order chi connectivity index (χ1) is 15.7. The fourth-order valence-corrected chi connectivity index (χ4v) is 5.41. The monoisotopic (exact) mass is 486 g/mol. The SMILES string of the molecule is O=C1CC(c2ccc(CCNS(=O)(=O)c3ccc(Oc4ccccc4)cc3)cc2)S[N+]1([O-])O. The van der Waals surface area contributed by atoms with Crippen LogP contribution in [-0.4, -0.2) is 30.3 Å². The zero-order valence-corrected chi connectivity index (χ0v) is 19.1. The molecule has 2 atom stereocenters. The molecule has 1 aliphatic heterocycles. The summed E-state index contributed by atoms with van der Waals surface area (Å²) in [6, 6.07) is 22.6. The van der Waals surface area contributed by atoms with Crippen LogP contribution < -0.4 is 9.46 Å². The van der Waals surface area contributed by atoms with Crippen LogP contribution in [0.15, 0.2) is 83.8 Å². The third kappa shape index (κ3) is 5.80. The van der Waals surface area contributed by atoms with Crippen LogP contribution in [0.5, 0.6) is 11.5 Å². The smallest absolute Gasteiger partial charge is 0.359 e. The van der Waals surface area contributed by atoms with Crippen LogP contribution in [0, 0.1) is 5.21 Å². The molecule has 0 aliphatic carbocycles. The third-order valence-corrected chi connectivity index (χ3v) is 7.78. The first kappa shape index (κ1) is 23.4. The van der Waals surface area contributed by atoms with Crippen LogP contribution in [0.3, 0.4) is 0 Å². The maximum absolute atomic E-state index is 12.6. The Hall–Kier alpha value is -2.73. The first-order valence-corrected chi connectivity index (χ1v) is 12.5. The standard InChI is InChI=1S/C23H22N2O6S2/c26-23-16-22(32-25(23,27)28)18-8-6-17(7-9-18)14-15-24-33(29,30)21-12-10-20(11-13-21)31-19-4-2-1-3-5-19/h1-13,22,24,27H,14-16H2. The fourth-order valence-electron chi connectivity index (χ4n) is 3.34. The summed E-state index contributed by atoms with van der Waals surface area (Å²) in [5.74, 6) is 0.429. The van der Waals surface area contributed by atoms with E-state index in [0.29, 0.717) is 29.9 Å². The van der Waals surface area contributed by atoms with Crippen LogP contribution in [-0.2, 0) is 21.2 Å². The van der Waals surface area contributed by atoms with Crippen molar-refractivity contribution in [2.24, 2.45) is 0 Å². The van der Waals surface area contributed by atoms with E-state index in [9.17, 15) is 23.6 Å². The average molecular weight is 487 g/mol. The minimum Gasteiger partial charge on any atom is -0.579 e. The minimum atomic E-state index is -3.67. The van der Waals surface area contributed by atoms with Crippen LogP contribution in [0.4, 0.5) is 0 Å². The molecule has 0 spiro atoms. The Kier molecular flexibility index (Phi) is 6.84. The molecule has 3 aromatic carbocycles. The maximum Gasteiger partial charge on any atom is 0.359 e. The van der Waals surface area contributed by atoms with Gasteiger partial charge in [-0.15, -0.1) is 0 Å². The van der Waals surface area contributed by atoms with Crippen molar-refractivity contribution in [3.8, 4) is 11.5 Å². The van der Waals surface area contributed by atoms with Gasteiger partial charge >= 0.3 is 5.91 Å². The van der Waals surface area contributed by atoms with Gasteiger partial charge in [-0.2, -0.15) is 5.21 Å². The highest BCUT2D eigenvalue weighted by atomic mass is 32.2. The molecule has 1 aliphatic rings. The molecule has 33 heavy (non-hydrogen) atoms. The molecule has 10 heteroatoms. The summed E-state index contributed by atoms with van der Waals surface area (Å²) in [7, 11) is -3.67. The molecular weight excluding hydrogens is 464 g/mol. The molecule has 1 fully saturated rings. The summed E-state index contributed by atoms with van der Waals surface area (Å²) in [5, 5.41) is 20.6. The Balaban J connectivity index is 1.30. The molecule has 0 radical (unpaired) electrons. The van der Waals surface area contributed by atoms with E-state index in [0.717, 1.165) is 11.1 Å². The highest BCUT2D eigenvalue weighted by Gasteiger charge is 2.43. The number of sulfonamides is 1. The van der Waals surface area contributed by atoms with E-state index in [1.807, 2.05) is 42.5 Å². The zero-order valence-electron chi connectivity index (χ0n) is 17.5. The van der Waals surface area contributed by atoms with Crippen molar-refractivity contribution in [3.05, 3.63) is 95.2 Å². The number of hydrogen-bond donors (Lipinski definition) is 2. The van der Waals surface area contributed by atoms with Crippen LogP contribution >= 0.6 is 11.9 Å². The van der Waals surface area contributed by atoms with Crippen molar-refractivity contribution in [1.29, 1.82) is 0 Å². The van der Waals surface area contributed by atoms with Crippen LogP contribution in [0.2, 0.25) is 0 Å². The first-order valence-electron chi connectivity index (χ1n) is 10.2. The van der Waals surface area contributed by atoms with E-state index < -0.39 is 25.4 Å². The summed E-state index contributed by atoms with van der Waals surface area (Å²) in [5.41, 5.74) is 1.66. The predicted molar refractivity (Wildman–Crippen MR) is 124 cm³/mol. The number of nitrogens with one attached hydrogen (secondary N) is 1. The molecule has 1 saturated heterocycles. The van der Waals surface area contributed by atoms with E-state index in [1.54, 1.807) is 24.3 Å². The van der Waals surface area contributed by atoms with Gasteiger partial charge in [0.05, 0.1) is 11.3 Å². The number of hydroxylamine groups is 2. The summed E-state index contributed by atoms with van der Waals surface area (Å²) in [6.07, 6.45) is 0.437. The number of quaternary nitrogens is 1. The van der Waals surface area contributed by atoms with Crippen molar-refractivity contribution in [1.82, 2.24) is 4.72 Å². The van der Waals surface area contributed by atoms with Crippen LogP contribution in [0.25, 0.3) is 0 Å². The number of carbonyl (C=O) groups excluding carboxylic acids is 1. The van der Waals surface area contributed by atoms with Gasteiger partial charge in [0.15, 0.2) is 0 Å². The van der Waals surface area contributed by atoms with Gasteiger partial charge in [0, 0.05) is 6.54 Å². The number of benzene rings is 3. The van der Waals surface area contributed by atoms with Crippen molar-refractivity contribution < 1.29 is 27.4 Å². The topological polar surface area (TPSA) is 116 Å². The number of amides is 1. The Morgan fingerprint density at radius 2 is 1.64 bits per heavy atom. The number of ether oxygens (including phenoxy) is 1. The quantitative estimate of drug-likeness (QED) is 0.211. The highest BCUT2D eigenvalue weighted by Crippen LogP contribution is 2.45. The molecule has 1 heterocycles. The van der Waals surface area contributed by atoms with E-state index in [2.05, 4.69) is 4.72 Å². The van der Waals surface area contributed by atoms with Gasteiger partial charge in [0.25, 0.3) is 0 Å². The van der Waals surface area contributed by atoms with Crippen LogP contribution in [0.1, 0.15) is 22.8 Å². The third-order valence-electron chi connectivity index (χ3n) is 5.12. The van der Waals surface area contributed by atoms with Gasteiger partial charge in [-0.25, -0.2) is 17.9 Å². The van der Waals surface area contributed by atoms with Crippen molar-refractivity contribution >= 4 is 27.9 Å². The normalized spacial score (nSPS) is 20.7. The van der Waals surface area contributed by atoms with Gasteiger partial charge in [0.1, 0.15) is 28.7 Å². The molecular formula is C23H22N2O6S2. The second kappa shape index (κ2) is 9.64. The summed E-state index contributed by atoms with van der Waals surface area (Å²) < 4.78 is 31.5. The zero-order chi connectivity index (χ0) is 23.5. The Bertz CT molecular complexity index is 1210. The van der Waals surface area contributed by atoms with E-state index >= 15 is 0 Å². The second-order valence-corrected chi connectivity index (χ2v) is 10.5. The molecule has 2 N–H and O–H groups in total. The molecule has 8 nitrogen and oxygen atoms in total. The molecule has 0 saturated carbocycles. The number of rotatable bonds is 8. The van der Waals surface area contributed by atoms with E-state index in [1.165, 1.54) is 12.1 Å². The maximum atomic E-state index is 12.6. The lowest BCUT2D eigenvalue weighted by Crippen LogP contribution is -2.31. The molecule has 2 unspecified atom stereocenters. The van der Waals surface area contributed by atoms with E-state index in [4.69, 9.17) is 4.74 Å². The molecule has 172 valence electrons. The summed E-state index contributed by atoms with van der Waals surface area (Å²) in [6.45, 7) is 0.206. The summed E-state index contributed by atoms with van der Waals surface area (Å²) in [4.78, 5) is 11.7. The van der Waals surface area contributed by atoms with Gasteiger partial charge < -0.3 is 9.94 Å². The molecule has 0 bridgehead atoms. The average Bonchev–Trinajstić information content (AvgIpc) is 3.07. The van der Waals surface area contributed by atoms with Crippen molar-refractivity contribution in [2.45, 2.75) is 23.0 Å². The molecule has 1 amide bonds. The number of nitrogens with zero attached hydrogens (tertiary/aromatic N) is 1. The van der Waals surface area contributed by atoms with Gasteiger partial charge in [-0.1, -0.05) is 46.7 Å². The van der Waals surface area contributed by atoms with Crippen molar-refractivity contribution in [3.63, 3.8) is 0 Å². The van der Waals surface area contributed by atoms with Gasteiger partial charge in [-0.05, 0) is 53.9 Å². The largest absolute Gasteiger partial charge is 0.579 e. The van der Waals surface area contributed by atoms with Gasteiger partial charge in [0.2, 0.25) is 10.0 Å². The lowest BCUT2D eigenvalue weighted by atomic mass is 10.1. The molecule has 0 aromatic heterocycles. The Morgan fingerprint density at radius 3 is 2.24 bits per heavy atom.